The number of furan rings is 1. The summed E-state index contributed by atoms with van der Waals surface area (Å²) in [6.07, 6.45) is 2.77. The summed E-state index contributed by atoms with van der Waals surface area (Å²) in [7, 11) is 0. The van der Waals surface area contributed by atoms with Gasteiger partial charge in [0.15, 0.2) is 0 Å². The molecule has 31 heavy (non-hydrogen) atoms. The van der Waals surface area contributed by atoms with Crippen molar-refractivity contribution in [3.8, 4) is 5.75 Å². The molecule has 0 bridgehead atoms. The number of hydrogen-bond acceptors (Lipinski definition) is 5. The zero-order valence-corrected chi connectivity index (χ0v) is 16.2. The molecule has 0 spiro atoms. The Hall–Kier alpha value is -4.20. The molecule has 1 aliphatic heterocycles. The predicted molar refractivity (Wildman–Crippen MR) is 108 cm³/mol. The third-order valence-electron chi connectivity index (χ3n) is 4.64. The molecule has 156 valence electrons. The third kappa shape index (κ3) is 4.37. The van der Waals surface area contributed by atoms with Gasteiger partial charge in [0.1, 0.15) is 29.5 Å². The highest BCUT2D eigenvalue weighted by atomic mass is 19.1. The summed E-state index contributed by atoms with van der Waals surface area (Å²) in [6.45, 7) is -0.149. The smallest absolute Gasteiger partial charge is 0.331 e. The van der Waals surface area contributed by atoms with Crippen molar-refractivity contribution in [2.45, 2.75) is 13.2 Å². The largest absolute Gasteiger partial charge is 0.488 e. The fourth-order valence-electron chi connectivity index (χ4n) is 3.05. The average Bonchev–Trinajstić information content (AvgIpc) is 3.28. The summed E-state index contributed by atoms with van der Waals surface area (Å²) in [5.74, 6) is -1.21. The van der Waals surface area contributed by atoms with Crippen molar-refractivity contribution in [1.82, 2.24) is 10.2 Å². The topological polar surface area (TPSA) is 88.9 Å². The number of amides is 4. The van der Waals surface area contributed by atoms with Gasteiger partial charge in [-0.15, -0.1) is 0 Å². The average molecular weight is 420 g/mol. The van der Waals surface area contributed by atoms with E-state index < -0.39 is 23.7 Å². The summed E-state index contributed by atoms with van der Waals surface area (Å²) < 4.78 is 24.8. The number of benzene rings is 2. The van der Waals surface area contributed by atoms with Crippen molar-refractivity contribution in [2.24, 2.45) is 0 Å². The molecule has 2 heterocycles. The van der Waals surface area contributed by atoms with Gasteiger partial charge >= 0.3 is 6.03 Å². The lowest BCUT2D eigenvalue weighted by molar-refractivity contribution is -0.130. The molecule has 0 unspecified atom stereocenters. The molecule has 8 heteroatoms. The molecule has 4 rings (SSSR count). The molecular formula is C23H17FN2O5. The van der Waals surface area contributed by atoms with Crippen LogP contribution < -0.4 is 10.1 Å². The maximum absolute atomic E-state index is 13.9. The fourth-order valence-corrected chi connectivity index (χ4v) is 3.05. The van der Waals surface area contributed by atoms with E-state index in [4.69, 9.17) is 9.15 Å². The number of rotatable bonds is 6. The van der Waals surface area contributed by atoms with Crippen molar-refractivity contribution in [2.75, 3.05) is 0 Å². The quantitative estimate of drug-likeness (QED) is 0.486. The van der Waals surface area contributed by atoms with Crippen molar-refractivity contribution in [3.05, 3.63) is 95.2 Å². The number of nitrogens with one attached hydrogen (secondary N) is 1. The van der Waals surface area contributed by atoms with Crippen molar-refractivity contribution in [3.63, 3.8) is 0 Å². The van der Waals surface area contributed by atoms with E-state index in [-0.39, 0.29) is 18.7 Å². The summed E-state index contributed by atoms with van der Waals surface area (Å²) in [5.41, 5.74) is 0.574. The lowest BCUT2D eigenvalue weighted by Gasteiger charge is -2.25. The molecule has 0 saturated carbocycles. The molecule has 1 N–H and O–H groups in total. The standard InChI is InChI=1S/C23H17FN2O5/c24-19-9-3-1-7-16(19)14-31-20-10-4-2-6-15(20)12-18-21(27)25-23(29)26(22(18)28)13-17-8-5-11-30-17/h1-12H,13-14H2,(H,25,27,29)/b18-12+. The summed E-state index contributed by atoms with van der Waals surface area (Å²) in [6, 6.07) is 15.4. The minimum absolute atomic E-state index is 0.0316. The monoisotopic (exact) mass is 420 g/mol. The molecule has 0 radical (unpaired) electrons. The maximum Gasteiger partial charge on any atom is 0.331 e. The van der Waals surface area contributed by atoms with E-state index in [1.165, 1.54) is 18.4 Å². The second kappa shape index (κ2) is 8.66. The molecule has 1 fully saturated rings. The van der Waals surface area contributed by atoms with Crippen LogP contribution in [0.3, 0.4) is 0 Å². The molecule has 4 amide bonds. The van der Waals surface area contributed by atoms with Crippen LogP contribution >= 0.6 is 0 Å². The van der Waals surface area contributed by atoms with Gasteiger partial charge in [-0.3, -0.25) is 19.8 Å². The van der Waals surface area contributed by atoms with Crippen LogP contribution in [-0.2, 0) is 22.7 Å². The number of hydrogen-bond donors (Lipinski definition) is 1. The van der Waals surface area contributed by atoms with Crippen LogP contribution in [-0.4, -0.2) is 22.7 Å². The van der Waals surface area contributed by atoms with Crippen molar-refractivity contribution in [1.29, 1.82) is 0 Å². The SMILES string of the molecule is O=C1NC(=O)N(Cc2ccco2)C(=O)/C1=C/c1ccccc1OCc1ccccc1F. The Morgan fingerprint density at radius 1 is 1.00 bits per heavy atom. The lowest BCUT2D eigenvalue weighted by Crippen LogP contribution is -2.53. The Labute approximate surface area is 176 Å². The fraction of sp³-hybridized carbons (Fsp3) is 0.0870. The molecular weight excluding hydrogens is 403 g/mol. The first-order chi connectivity index (χ1) is 15.0. The molecule has 1 saturated heterocycles. The van der Waals surface area contributed by atoms with Crippen molar-refractivity contribution < 1.29 is 27.9 Å². The van der Waals surface area contributed by atoms with E-state index in [0.717, 1.165) is 4.90 Å². The molecule has 3 aromatic rings. The summed E-state index contributed by atoms with van der Waals surface area (Å²) in [5, 5.41) is 2.15. The molecule has 0 aliphatic carbocycles. The van der Waals surface area contributed by atoms with Gasteiger partial charge in [-0.1, -0.05) is 36.4 Å². The number of urea groups is 1. The number of para-hydroxylation sites is 1. The first-order valence-corrected chi connectivity index (χ1v) is 9.39. The molecule has 0 atom stereocenters. The van der Waals surface area contributed by atoms with Crippen LogP contribution in [0.1, 0.15) is 16.9 Å². The van der Waals surface area contributed by atoms with Crippen LogP contribution in [0.2, 0.25) is 0 Å². The lowest BCUT2D eigenvalue weighted by atomic mass is 10.1. The van der Waals surface area contributed by atoms with Gasteiger partial charge in [-0.25, -0.2) is 9.18 Å². The van der Waals surface area contributed by atoms with Crippen molar-refractivity contribution >= 4 is 23.9 Å². The Bertz CT molecular complexity index is 1170. The van der Waals surface area contributed by atoms with Crippen LogP contribution in [0.15, 0.2) is 76.9 Å². The molecule has 1 aromatic heterocycles. The van der Waals surface area contributed by atoms with Crippen LogP contribution in [0.25, 0.3) is 6.08 Å². The first kappa shape index (κ1) is 20.1. The van der Waals surface area contributed by atoms with Gasteiger partial charge in [0, 0.05) is 11.1 Å². The number of nitrogens with zero attached hydrogens (tertiary/aromatic N) is 1. The predicted octanol–water partition coefficient (Wildman–Crippen LogP) is 3.66. The van der Waals surface area contributed by atoms with Crippen LogP contribution in [0.5, 0.6) is 5.75 Å². The van der Waals surface area contributed by atoms with Gasteiger partial charge in [0.05, 0.1) is 12.8 Å². The third-order valence-corrected chi connectivity index (χ3v) is 4.64. The zero-order valence-electron chi connectivity index (χ0n) is 16.2. The van der Waals surface area contributed by atoms with E-state index in [0.29, 0.717) is 22.6 Å². The van der Waals surface area contributed by atoms with Crippen LogP contribution in [0.4, 0.5) is 9.18 Å². The highest BCUT2D eigenvalue weighted by Crippen LogP contribution is 2.25. The van der Waals surface area contributed by atoms with E-state index in [2.05, 4.69) is 5.32 Å². The molecule has 2 aromatic carbocycles. The van der Waals surface area contributed by atoms with Gasteiger partial charge in [-0.05, 0) is 30.3 Å². The van der Waals surface area contributed by atoms with E-state index in [1.54, 1.807) is 54.6 Å². The second-order valence-electron chi connectivity index (χ2n) is 6.71. The Kier molecular flexibility index (Phi) is 5.61. The number of barbiturate groups is 1. The summed E-state index contributed by atoms with van der Waals surface area (Å²) >= 11 is 0. The van der Waals surface area contributed by atoms with Gasteiger partial charge in [0.2, 0.25) is 0 Å². The van der Waals surface area contributed by atoms with E-state index >= 15 is 0 Å². The minimum Gasteiger partial charge on any atom is -0.488 e. The highest BCUT2D eigenvalue weighted by molar-refractivity contribution is 6.31. The second-order valence-corrected chi connectivity index (χ2v) is 6.71. The normalized spacial score (nSPS) is 15.3. The summed E-state index contributed by atoms with van der Waals surface area (Å²) in [4.78, 5) is 38.2. The van der Waals surface area contributed by atoms with Crippen LogP contribution in [0, 0.1) is 5.82 Å². The zero-order chi connectivity index (χ0) is 21.8. The Balaban J connectivity index is 1.59. The van der Waals surface area contributed by atoms with Gasteiger partial charge in [0.25, 0.3) is 11.8 Å². The number of halogens is 1. The number of carbonyl (C=O) groups is 3. The molecule has 7 nitrogen and oxygen atoms in total. The van der Waals surface area contributed by atoms with E-state index in [1.807, 2.05) is 0 Å². The molecule has 1 aliphatic rings. The first-order valence-electron chi connectivity index (χ1n) is 9.39. The number of carbonyl (C=O) groups excluding carboxylic acids is 3. The Morgan fingerprint density at radius 2 is 1.77 bits per heavy atom. The van der Waals surface area contributed by atoms with Gasteiger partial charge in [-0.2, -0.15) is 0 Å². The highest BCUT2D eigenvalue weighted by Gasteiger charge is 2.36. The number of ether oxygens (including phenoxy) is 1. The Morgan fingerprint density at radius 3 is 2.55 bits per heavy atom. The van der Waals surface area contributed by atoms with Gasteiger partial charge < -0.3 is 9.15 Å². The maximum atomic E-state index is 13.9. The number of imide groups is 2. The van der Waals surface area contributed by atoms with E-state index in [9.17, 15) is 18.8 Å². The minimum atomic E-state index is -0.826.